The van der Waals surface area contributed by atoms with Crippen LogP contribution in [-0.4, -0.2) is 46.0 Å². The summed E-state index contributed by atoms with van der Waals surface area (Å²) in [5, 5.41) is 19.6. The van der Waals surface area contributed by atoms with E-state index in [1.165, 1.54) is 4.90 Å². The van der Waals surface area contributed by atoms with Gasteiger partial charge in [-0.25, -0.2) is 0 Å². The molecule has 6 rings (SSSR count). The van der Waals surface area contributed by atoms with Crippen molar-refractivity contribution in [3.05, 3.63) is 70.8 Å². The predicted molar refractivity (Wildman–Crippen MR) is 112 cm³/mol. The average Bonchev–Trinajstić information content (AvgIpc) is 3.04. The summed E-state index contributed by atoms with van der Waals surface area (Å²) in [6.07, 6.45) is 1.85. The first-order valence-electron chi connectivity index (χ1n) is 10.9. The lowest BCUT2D eigenvalue weighted by molar-refractivity contribution is -0.141. The fraction of sp³-hybridized carbons (Fsp3) is 0.400. The van der Waals surface area contributed by atoms with Crippen molar-refractivity contribution in [1.29, 1.82) is 0 Å². The number of imide groups is 1. The molecule has 31 heavy (non-hydrogen) atoms. The molecular formula is C25H25NO5. The highest BCUT2D eigenvalue weighted by Gasteiger charge is 2.67. The Labute approximate surface area is 180 Å². The Morgan fingerprint density at radius 3 is 2.10 bits per heavy atom. The zero-order valence-corrected chi connectivity index (χ0v) is 17.2. The van der Waals surface area contributed by atoms with E-state index in [1.54, 1.807) is 0 Å². The summed E-state index contributed by atoms with van der Waals surface area (Å²) in [4.78, 5) is 39.2. The highest BCUT2D eigenvalue weighted by molar-refractivity contribution is 6.08. The SMILES string of the molecule is O=C(O)CCCCCN1C(=O)[C@H]2C3c4ccccc4C(CO)(c4ccccc43)[C@H]2C1=O. The highest BCUT2D eigenvalue weighted by atomic mass is 16.4. The molecule has 1 fully saturated rings. The summed E-state index contributed by atoms with van der Waals surface area (Å²) in [6.45, 7) is 0.0611. The van der Waals surface area contributed by atoms with Gasteiger partial charge in [0.1, 0.15) is 0 Å². The minimum atomic E-state index is -0.919. The van der Waals surface area contributed by atoms with Crippen LogP contribution in [0.5, 0.6) is 0 Å². The van der Waals surface area contributed by atoms with Crippen molar-refractivity contribution in [2.75, 3.05) is 13.2 Å². The van der Waals surface area contributed by atoms with Crippen LogP contribution >= 0.6 is 0 Å². The van der Waals surface area contributed by atoms with E-state index in [-0.39, 0.29) is 30.8 Å². The molecule has 160 valence electrons. The summed E-state index contributed by atoms with van der Waals surface area (Å²) in [5.41, 5.74) is 3.04. The Bertz CT molecular complexity index is 1030. The van der Waals surface area contributed by atoms with Crippen molar-refractivity contribution >= 4 is 17.8 Å². The molecule has 2 amide bonds. The molecule has 6 nitrogen and oxygen atoms in total. The van der Waals surface area contributed by atoms with Crippen LogP contribution in [0.25, 0.3) is 0 Å². The van der Waals surface area contributed by atoms with Gasteiger partial charge in [-0.2, -0.15) is 0 Å². The Balaban J connectivity index is 1.54. The lowest BCUT2D eigenvalue weighted by atomic mass is 9.47. The number of aliphatic hydroxyl groups excluding tert-OH is 1. The molecule has 3 aliphatic carbocycles. The number of likely N-dealkylation sites (tertiary alicyclic amines) is 1. The average molecular weight is 419 g/mol. The normalized spacial score (nSPS) is 27.8. The Morgan fingerprint density at radius 1 is 0.903 bits per heavy atom. The van der Waals surface area contributed by atoms with Gasteiger partial charge in [0.25, 0.3) is 0 Å². The molecule has 2 N–H and O–H groups in total. The fourth-order valence-corrected chi connectivity index (χ4v) is 6.20. The predicted octanol–water partition coefficient (Wildman–Crippen LogP) is 2.67. The summed E-state index contributed by atoms with van der Waals surface area (Å²) in [6, 6.07) is 15.7. The molecule has 2 atom stereocenters. The quantitative estimate of drug-likeness (QED) is 0.532. The molecule has 6 heteroatoms. The van der Waals surface area contributed by atoms with Gasteiger partial charge in [0.15, 0.2) is 0 Å². The van der Waals surface area contributed by atoms with Crippen LogP contribution in [0.1, 0.15) is 53.9 Å². The molecule has 0 unspecified atom stereocenters. The van der Waals surface area contributed by atoms with Crippen molar-refractivity contribution < 1.29 is 24.6 Å². The van der Waals surface area contributed by atoms with Crippen molar-refractivity contribution in [2.45, 2.75) is 37.0 Å². The van der Waals surface area contributed by atoms with Crippen LogP contribution in [0, 0.1) is 11.8 Å². The Morgan fingerprint density at radius 2 is 1.52 bits per heavy atom. The van der Waals surface area contributed by atoms with Gasteiger partial charge in [-0.3, -0.25) is 19.3 Å². The number of amides is 2. The number of carboxylic acids is 1. The number of hydrogen-bond donors (Lipinski definition) is 2. The number of carboxylic acid groups (broad SMARTS) is 1. The third kappa shape index (κ3) is 2.64. The smallest absolute Gasteiger partial charge is 0.303 e. The zero-order valence-electron chi connectivity index (χ0n) is 17.2. The second kappa shape index (κ2) is 7.31. The number of carbonyl (C=O) groups excluding carboxylic acids is 2. The van der Waals surface area contributed by atoms with Crippen LogP contribution in [0.4, 0.5) is 0 Å². The number of aliphatic carboxylic acids is 1. The minimum absolute atomic E-state index is 0.0907. The highest BCUT2D eigenvalue weighted by Crippen LogP contribution is 2.63. The van der Waals surface area contributed by atoms with Gasteiger partial charge >= 0.3 is 5.97 Å². The maximum Gasteiger partial charge on any atom is 0.303 e. The fourth-order valence-electron chi connectivity index (χ4n) is 6.20. The van der Waals surface area contributed by atoms with E-state index in [0.717, 1.165) is 22.3 Å². The van der Waals surface area contributed by atoms with Gasteiger partial charge in [-0.15, -0.1) is 0 Å². The molecule has 1 heterocycles. The molecule has 0 saturated carbocycles. The van der Waals surface area contributed by atoms with Crippen molar-refractivity contribution in [2.24, 2.45) is 11.8 Å². The van der Waals surface area contributed by atoms with E-state index in [2.05, 4.69) is 0 Å². The van der Waals surface area contributed by atoms with E-state index in [1.807, 2.05) is 48.5 Å². The van der Waals surface area contributed by atoms with E-state index in [9.17, 15) is 19.5 Å². The first-order valence-corrected chi connectivity index (χ1v) is 10.9. The zero-order chi connectivity index (χ0) is 21.8. The molecule has 2 aromatic rings. The van der Waals surface area contributed by atoms with E-state index in [0.29, 0.717) is 25.8 Å². The molecule has 2 aromatic carbocycles. The summed E-state index contributed by atoms with van der Waals surface area (Å²) < 4.78 is 0. The van der Waals surface area contributed by atoms with Gasteiger partial charge in [-0.05, 0) is 35.1 Å². The Hall–Kier alpha value is -2.99. The van der Waals surface area contributed by atoms with Gasteiger partial charge in [0, 0.05) is 18.9 Å². The Kier molecular flexibility index (Phi) is 4.70. The van der Waals surface area contributed by atoms with Crippen LogP contribution < -0.4 is 0 Å². The standard InChI is InChI=1S/C25H25NO5/c27-14-25-17-10-5-3-8-15(17)20(16-9-4-6-11-18(16)25)21-22(25)24(31)26(23(21)30)13-7-1-2-12-19(28)29/h3-6,8-11,20-22,27H,1-2,7,12-14H2,(H,28,29)/t20?,21-,22+,25?/m0/s1. The van der Waals surface area contributed by atoms with Gasteiger partial charge in [0.2, 0.25) is 11.8 Å². The summed E-state index contributed by atoms with van der Waals surface area (Å²) >= 11 is 0. The number of benzene rings is 2. The number of rotatable bonds is 7. The second-order valence-electron chi connectivity index (χ2n) is 8.82. The monoisotopic (exact) mass is 419 g/mol. The molecule has 0 radical (unpaired) electrons. The topological polar surface area (TPSA) is 94.9 Å². The lowest BCUT2D eigenvalue weighted by Crippen LogP contribution is -2.55. The first-order chi connectivity index (χ1) is 15.0. The maximum atomic E-state index is 13.6. The van der Waals surface area contributed by atoms with E-state index in [4.69, 9.17) is 5.11 Å². The van der Waals surface area contributed by atoms with Crippen LogP contribution in [0.15, 0.2) is 48.5 Å². The van der Waals surface area contributed by atoms with Crippen molar-refractivity contribution in [1.82, 2.24) is 4.90 Å². The maximum absolute atomic E-state index is 13.6. The van der Waals surface area contributed by atoms with E-state index < -0.39 is 23.2 Å². The number of unbranched alkanes of at least 4 members (excludes halogenated alkanes) is 2. The summed E-state index contributed by atoms with van der Waals surface area (Å²) in [5.74, 6) is -2.53. The number of nitrogens with zero attached hydrogens (tertiary/aromatic N) is 1. The van der Waals surface area contributed by atoms with Gasteiger partial charge in [0.05, 0.1) is 23.9 Å². The second-order valence-corrected chi connectivity index (χ2v) is 8.82. The number of carbonyl (C=O) groups is 3. The van der Waals surface area contributed by atoms with E-state index >= 15 is 0 Å². The molecule has 0 aromatic heterocycles. The van der Waals surface area contributed by atoms with Gasteiger partial charge < -0.3 is 10.2 Å². The molecular weight excluding hydrogens is 394 g/mol. The molecule has 1 saturated heterocycles. The van der Waals surface area contributed by atoms with Crippen LogP contribution in [0.3, 0.4) is 0 Å². The first kappa shape index (κ1) is 19.9. The number of aliphatic hydroxyl groups is 1. The molecule has 0 spiro atoms. The van der Waals surface area contributed by atoms with Crippen LogP contribution in [-0.2, 0) is 19.8 Å². The third-order valence-electron chi connectivity index (χ3n) is 7.41. The van der Waals surface area contributed by atoms with Crippen molar-refractivity contribution in [3.8, 4) is 0 Å². The molecule has 4 aliphatic rings. The van der Waals surface area contributed by atoms with Gasteiger partial charge in [-0.1, -0.05) is 55.0 Å². The van der Waals surface area contributed by atoms with Crippen molar-refractivity contribution in [3.63, 3.8) is 0 Å². The minimum Gasteiger partial charge on any atom is -0.481 e. The third-order valence-corrected chi connectivity index (χ3v) is 7.41. The molecule has 1 aliphatic heterocycles. The van der Waals surface area contributed by atoms with Crippen LogP contribution in [0.2, 0.25) is 0 Å². The summed E-state index contributed by atoms with van der Waals surface area (Å²) in [7, 11) is 0. The lowest BCUT2D eigenvalue weighted by Gasteiger charge is -2.53. The number of hydrogen-bond acceptors (Lipinski definition) is 4. The molecule has 2 bridgehead atoms. The largest absolute Gasteiger partial charge is 0.481 e.